The third-order valence-corrected chi connectivity index (χ3v) is 3.63. The van der Waals surface area contributed by atoms with E-state index in [1.54, 1.807) is 0 Å². The minimum Gasteiger partial charge on any atom is -0.477 e. The van der Waals surface area contributed by atoms with Crippen LogP contribution in [0.4, 0.5) is 0 Å². The zero-order chi connectivity index (χ0) is 16.9. The molecule has 0 amide bonds. The number of hydrogen-bond donors (Lipinski definition) is 0. The summed E-state index contributed by atoms with van der Waals surface area (Å²) in [6.45, 7) is 4.34. The number of ether oxygens (including phenoxy) is 1. The van der Waals surface area contributed by atoms with E-state index in [0.717, 1.165) is 11.1 Å². The van der Waals surface area contributed by atoms with Gasteiger partial charge < -0.3 is 4.74 Å². The van der Waals surface area contributed by atoms with Crippen LogP contribution in [0, 0.1) is 18.3 Å². The van der Waals surface area contributed by atoms with Crippen molar-refractivity contribution in [2.24, 2.45) is 0 Å². The molecule has 4 heteroatoms. The molecule has 0 aliphatic carbocycles. The monoisotopic (exact) mass is 315 g/mol. The first-order chi connectivity index (χ1) is 11.7. The van der Waals surface area contributed by atoms with Crippen molar-refractivity contribution in [1.29, 1.82) is 5.26 Å². The molecule has 4 nitrogen and oxygen atoms in total. The van der Waals surface area contributed by atoms with E-state index in [0.29, 0.717) is 29.6 Å². The highest BCUT2D eigenvalue weighted by atomic mass is 16.5. The van der Waals surface area contributed by atoms with E-state index in [4.69, 9.17) is 4.74 Å². The maximum atomic E-state index is 9.58. The molecule has 0 atom stereocenters. The molecule has 0 saturated heterocycles. The number of aryl methyl sites for hydroxylation is 1. The molecule has 0 aliphatic heterocycles. The van der Waals surface area contributed by atoms with Gasteiger partial charge in [0.1, 0.15) is 11.6 Å². The minimum absolute atomic E-state index is 0.324. The standard InChI is InChI=1S/C20H17N3O/c1-3-24-20-17(13-21)18(15-7-5-4-6-8-15)22-19(23-20)16-11-9-14(2)10-12-16/h4-12H,3H2,1-2H3. The van der Waals surface area contributed by atoms with E-state index in [9.17, 15) is 5.26 Å². The molecule has 24 heavy (non-hydrogen) atoms. The third kappa shape index (κ3) is 3.11. The van der Waals surface area contributed by atoms with E-state index in [-0.39, 0.29) is 0 Å². The molecular formula is C20H17N3O. The second-order valence-electron chi connectivity index (χ2n) is 5.35. The van der Waals surface area contributed by atoms with Crippen molar-refractivity contribution in [2.75, 3.05) is 6.61 Å². The van der Waals surface area contributed by atoms with E-state index >= 15 is 0 Å². The lowest BCUT2D eigenvalue weighted by atomic mass is 10.1. The highest BCUT2D eigenvalue weighted by Gasteiger charge is 2.17. The fourth-order valence-electron chi connectivity index (χ4n) is 2.42. The molecule has 0 spiro atoms. The largest absolute Gasteiger partial charge is 0.477 e. The lowest BCUT2D eigenvalue weighted by Gasteiger charge is -2.11. The molecule has 0 N–H and O–H groups in total. The molecule has 0 aliphatic rings. The number of benzene rings is 2. The molecule has 0 radical (unpaired) electrons. The predicted molar refractivity (Wildman–Crippen MR) is 93.5 cm³/mol. The van der Waals surface area contributed by atoms with Crippen molar-refractivity contribution in [3.8, 4) is 34.6 Å². The van der Waals surface area contributed by atoms with Crippen LogP contribution in [-0.4, -0.2) is 16.6 Å². The Morgan fingerprint density at radius 1 is 0.958 bits per heavy atom. The third-order valence-electron chi connectivity index (χ3n) is 3.63. The summed E-state index contributed by atoms with van der Waals surface area (Å²) in [5.41, 5.74) is 3.88. The second-order valence-corrected chi connectivity index (χ2v) is 5.35. The van der Waals surface area contributed by atoms with Gasteiger partial charge >= 0.3 is 0 Å². The summed E-state index contributed by atoms with van der Waals surface area (Å²) >= 11 is 0. The van der Waals surface area contributed by atoms with Crippen LogP contribution in [0.15, 0.2) is 54.6 Å². The maximum absolute atomic E-state index is 9.58. The number of rotatable bonds is 4. The summed E-state index contributed by atoms with van der Waals surface area (Å²) in [7, 11) is 0. The van der Waals surface area contributed by atoms with Gasteiger partial charge in [0.15, 0.2) is 5.82 Å². The van der Waals surface area contributed by atoms with Crippen LogP contribution in [-0.2, 0) is 0 Å². The molecule has 118 valence electrons. The Bertz CT molecular complexity index is 881. The highest BCUT2D eigenvalue weighted by Crippen LogP contribution is 2.30. The number of aromatic nitrogens is 2. The Balaban J connectivity index is 2.23. The zero-order valence-corrected chi connectivity index (χ0v) is 13.7. The maximum Gasteiger partial charge on any atom is 0.236 e. The van der Waals surface area contributed by atoms with Crippen LogP contribution in [0.2, 0.25) is 0 Å². The average Bonchev–Trinajstić information content (AvgIpc) is 2.63. The number of nitrogens with zero attached hydrogens (tertiary/aromatic N) is 3. The van der Waals surface area contributed by atoms with Crippen molar-refractivity contribution < 1.29 is 4.74 Å². The van der Waals surface area contributed by atoms with E-state index in [1.165, 1.54) is 5.56 Å². The van der Waals surface area contributed by atoms with Crippen molar-refractivity contribution in [3.05, 3.63) is 65.7 Å². The van der Waals surface area contributed by atoms with Gasteiger partial charge in [-0.1, -0.05) is 60.2 Å². The summed E-state index contributed by atoms with van der Waals surface area (Å²) in [6.07, 6.45) is 0. The molecule has 0 saturated carbocycles. The van der Waals surface area contributed by atoms with Crippen LogP contribution < -0.4 is 4.74 Å². The van der Waals surface area contributed by atoms with Gasteiger partial charge in [-0.15, -0.1) is 0 Å². The molecule has 2 aromatic carbocycles. The van der Waals surface area contributed by atoms with Gasteiger partial charge in [-0.25, -0.2) is 4.98 Å². The van der Waals surface area contributed by atoms with Gasteiger partial charge in [0.25, 0.3) is 0 Å². The average molecular weight is 315 g/mol. The predicted octanol–water partition coefficient (Wildman–Crippen LogP) is 4.39. The molecule has 0 unspecified atom stereocenters. The van der Waals surface area contributed by atoms with E-state index in [1.807, 2.05) is 68.4 Å². The van der Waals surface area contributed by atoms with Crippen LogP contribution in [0.1, 0.15) is 18.1 Å². The van der Waals surface area contributed by atoms with Crippen LogP contribution in [0.25, 0.3) is 22.6 Å². The highest BCUT2D eigenvalue weighted by molar-refractivity contribution is 5.72. The smallest absolute Gasteiger partial charge is 0.236 e. The molecule has 0 fully saturated rings. The topological polar surface area (TPSA) is 58.8 Å². The van der Waals surface area contributed by atoms with E-state index in [2.05, 4.69) is 16.0 Å². The van der Waals surface area contributed by atoms with Crippen LogP contribution in [0.3, 0.4) is 0 Å². The first kappa shape index (κ1) is 15.7. The van der Waals surface area contributed by atoms with Crippen molar-refractivity contribution >= 4 is 0 Å². The Labute approximate surface area is 141 Å². The molecule has 0 bridgehead atoms. The summed E-state index contributed by atoms with van der Waals surface area (Å²) < 4.78 is 5.60. The molecule has 3 aromatic rings. The number of hydrogen-bond acceptors (Lipinski definition) is 4. The first-order valence-corrected chi connectivity index (χ1v) is 7.80. The Kier molecular flexibility index (Phi) is 4.53. The van der Waals surface area contributed by atoms with Crippen molar-refractivity contribution in [1.82, 2.24) is 9.97 Å². The Morgan fingerprint density at radius 2 is 1.67 bits per heavy atom. The zero-order valence-electron chi connectivity index (χ0n) is 13.7. The van der Waals surface area contributed by atoms with Crippen molar-refractivity contribution in [2.45, 2.75) is 13.8 Å². The minimum atomic E-state index is 0.324. The number of nitriles is 1. The normalized spacial score (nSPS) is 10.2. The van der Waals surface area contributed by atoms with Gasteiger partial charge in [-0.3, -0.25) is 0 Å². The van der Waals surface area contributed by atoms with E-state index < -0.39 is 0 Å². The van der Waals surface area contributed by atoms with Gasteiger partial charge in [-0.05, 0) is 13.8 Å². The fraction of sp³-hybridized carbons (Fsp3) is 0.150. The van der Waals surface area contributed by atoms with Crippen LogP contribution >= 0.6 is 0 Å². The summed E-state index contributed by atoms with van der Waals surface area (Å²) in [6, 6.07) is 19.8. The van der Waals surface area contributed by atoms with Gasteiger partial charge in [0.2, 0.25) is 5.88 Å². The quantitative estimate of drug-likeness (QED) is 0.716. The second kappa shape index (κ2) is 6.93. The van der Waals surface area contributed by atoms with Gasteiger partial charge in [0, 0.05) is 11.1 Å². The Hall–Kier alpha value is -3.19. The lowest BCUT2D eigenvalue weighted by Crippen LogP contribution is -2.03. The summed E-state index contributed by atoms with van der Waals surface area (Å²) in [5.74, 6) is 0.876. The first-order valence-electron chi connectivity index (χ1n) is 7.80. The fourth-order valence-corrected chi connectivity index (χ4v) is 2.42. The Morgan fingerprint density at radius 3 is 2.29 bits per heavy atom. The molecule has 1 heterocycles. The summed E-state index contributed by atoms with van der Waals surface area (Å²) in [4.78, 5) is 9.11. The molecule has 1 aromatic heterocycles. The van der Waals surface area contributed by atoms with Gasteiger partial charge in [-0.2, -0.15) is 10.2 Å². The van der Waals surface area contributed by atoms with Gasteiger partial charge in [0.05, 0.1) is 12.3 Å². The SMILES string of the molecule is CCOc1nc(-c2ccc(C)cc2)nc(-c2ccccc2)c1C#N. The van der Waals surface area contributed by atoms with Crippen LogP contribution in [0.5, 0.6) is 5.88 Å². The summed E-state index contributed by atoms with van der Waals surface area (Å²) in [5, 5.41) is 9.58. The molecular weight excluding hydrogens is 298 g/mol. The van der Waals surface area contributed by atoms with Crippen molar-refractivity contribution in [3.63, 3.8) is 0 Å². The lowest BCUT2D eigenvalue weighted by molar-refractivity contribution is 0.326. The molecule has 3 rings (SSSR count).